The maximum absolute atomic E-state index is 12.5. The summed E-state index contributed by atoms with van der Waals surface area (Å²) in [4.78, 5) is 22.7. The first kappa shape index (κ1) is 16.8. The number of nitriles is 1. The molecule has 1 atom stereocenters. The minimum absolute atomic E-state index is 0.195. The number of hydrogen-bond acceptors (Lipinski definition) is 6. The normalized spacial score (nSPS) is 11.5. The van der Waals surface area contributed by atoms with Gasteiger partial charge >= 0.3 is 5.69 Å². The summed E-state index contributed by atoms with van der Waals surface area (Å²) in [5, 5.41) is 30.6. The lowest BCUT2D eigenvalue weighted by atomic mass is 10.3. The topological polar surface area (TPSA) is 132 Å². The molecule has 0 aliphatic heterocycles. The number of rotatable bonds is 5. The third-order valence-corrected chi connectivity index (χ3v) is 3.71. The molecule has 1 unspecified atom stereocenters. The van der Waals surface area contributed by atoms with Crippen LogP contribution in [0.5, 0.6) is 0 Å². The van der Waals surface area contributed by atoms with Crippen molar-refractivity contribution in [1.82, 2.24) is 19.6 Å². The third-order valence-electron chi connectivity index (χ3n) is 3.71. The first-order valence-electron chi connectivity index (χ1n) is 7.54. The largest absolute Gasteiger partial charge is 0.308 e. The quantitative estimate of drug-likeness (QED) is 0.552. The first-order valence-corrected chi connectivity index (χ1v) is 7.54. The molecule has 0 spiro atoms. The average Bonchev–Trinajstić information content (AvgIpc) is 3.29. The van der Waals surface area contributed by atoms with Gasteiger partial charge in [-0.25, -0.2) is 4.68 Å². The number of carbonyl (C=O) groups is 1. The second-order valence-electron chi connectivity index (χ2n) is 5.37. The summed E-state index contributed by atoms with van der Waals surface area (Å²) in [6.45, 7) is 1.54. The van der Waals surface area contributed by atoms with Crippen LogP contribution in [-0.4, -0.2) is 30.4 Å². The Morgan fingerprint density at radius 1 is 1.31 bits per heavy atom. The predicted molar refractivity (Wildman–Crippen MR) is 90.5 cm³/mol. The highest BCUT2D eigenvalue weighted by atomic mass is 16.6. The maximum Gasteiger partial charge on any atom is 0.307 e. The van der Waals surface area contributed by atoms with E-state index in [-0.39, 0.29) is 17.1 Å². The number of nitrogens with one attached hydrogen (secondary N) is 1. The van der Waals surface area contributed by atoms with Crippen LogP contribution in [0.25, 0.3) is 5.69 Å². The smallest absolute Gasteiger partial charge is 0.307 e. The molecule has 1 N–H and O–H groups in total. The van der Waals surface area contributed by atoms with Crippen molar-refractivity contribution in [2.24, 2.45) is 0 Å². The highest BCUT2D eigenvalue weighted by Crippen LogP contribution is 2.21. The van der Waals surface area contributed by atoms with Gasteiger partial charge in [-0.3, -0.25) is 19.6 Å². The van der Waals surface area contributed by atoms with Gasteiger partial charge in [-0.1, -0.05) is 18.2 Å². The minimum Gasteiger partial charge on any atom is -0.308 e. The zero-order valence-corrected chi connectivity index (χ0v) is 13.6. The van der Waals surface area contributed by atoms with Gasteiger partial charge in [0.2, 0.25) is 5.91 Å². The average molecular weight is 351 g/mol. The number of carbonyl (C=O) groups excluding carboxylic acids is 1. The van der Waals surface area contributed by atoms with Crippen molar-refractivity contribution in [2.45, 2.75) is 13.0 Å². The molecule has 3 aromatic rings. The van der Waals surface area contributed by atoms with Gasteiger partial charge in [-0.15, -0.1) is 0 Å². The van der Waals surface area contributed by atoms with E-state index in [4.69, 9.17) is 0 Å². The molecule has 0 fully saturated rings. The molecule has 130 valence electrons. The van der Waals surface area contributed by atoms with Gasteiger partial charge < -0.3 is 5.32 Å². The van der Waals surface area contributed by atoms with Gasteiger partial charge in [-0.05, 0) is 19.1 Å². The molecule has 2 aromatic heterocycles. The molecule has 2 heterocycles. The number of amides is 1. The van der Waals surface area contributed by atoms with Crippen LogP contribution in [0.15, 0.2) is 48.9 Å². The summed E-state index contributed by atoms with van der Waals surface area (Å²) in [7, 11) is 0. The number of anilines is 1. The Hall–Kier alpha value is -4.00. The van der Waals surface area contributed by atoms with Crippen molar-refractivity contribution in [3.05, 3.63) is 64.6 Å². The molecule has 0 aliphatic carbocycles. The standard InChI is InChI=1S/C16H13N7O3/c1-11(21-10-14(9-18-21)23(25)26)16(24)20-15-12(7-17)8-19-22(15)13-5-3-2-4-6-13/h2-6,8-11H,1H3,(H,20,24). The van der Waals surface area contributed by atoms with E-state index in [1.165, 1.54) is 21.8 Å². The fourth-order valence-corrected chi connectivity index (χ4v) is 2.29. The molecule has 1 aromatic carbocycles. The number of hydrogen-bond donors (Lipinski definition) is 1. The summed E-state index contributed by atoms with van der Waals surface area (Å²) in [5.41, 5.74) is 0.657. The van der Waals surface area contributed by atoms with Crippen LogP contribution in [0.4, 0.5) is 11.5 Å². The number of aromatic nitrogens is 4. The van der Waals surface area contributed by atoms with E-state index < -0.39 is 16.9 Å². The van der Waals surface area contributed by atoms with Crippen molar-refractivity contribution < 1.29 is 9.72 Å². The van der Waals surface area contributed by atoms with Crippen LogP contribution >= 0.6 is 0 Å². The van der Waals surface area contributed by atoms with Crippen LogP contribution in [0.1, 0.15) is 18.5 Å². The van der Waals surface area contributed by atoms with E-state index in [0.29, 0.717) is 5.69 Å². The number of benzene rings is 1. The Balaban J connectivity index is 1.88. The molecule has 1 amide bonds. The molecule has 0 bridgehead atoms. The monoisotopic (exact) mass is 351 g/mol. The van der Waals surface area contributed by atoms with Crippen molar-refractivity contribution >= 4 is 17.4 Å². The number of nitrogens with zero attached hydrogens (tertiary/aromatic N) is 6. The van der Waals surface area contributed by atoms with E-state index >= 15 is 0 Å². The van der Waals surface area contributed by atoms with E-state index in [0.717, 1.165) is 6.20 Å². The Morgan fingerprint density at radius 2 is 2.04 bits per heavy atom. The molecule has 26 heavy (non-hydrogen) atoms. The van der Waals surface area contributed by atoms with Gasteiger partial charge in [0.1, 0.15) is 30.1 Å². The zero-order chi connectivity index (χ0) is 18.7. The molecule has 10 heteroatoms. The summed E-state index contributed by atoms with van der Waals surface area (Å²) < 4.78 is 2.62. The van der Waals surface area contributed by atoms with Gasteiger partial charge in [0.05, 0.1) is 16.8 Å². The molecule has 0 saturated carbocycles. The van der Waals surface area contributed by atoms with Crippen LogP contribution in [0.2, 0.25) is 0 Å². The Kier molecular flexibility index (Phi) is 4.44. The van der Waals surface area contributed by atoms with Crippen molar-refractivity contribution in [1.29, 1.82) is 5.26 Å². The van der Waals surface area contributed by atoms with Gasteiger partial charge in [-0.2, -0.15) is 15.5 Å². The minimum atomic E-state index is -0.825. The van der Waals surface area contributed by atoms with Crippen LogP contribution in [-0.2, 0) is 4.79 Å². The number of nitro groups is 1. The summed E-state index contributed by atoms with van der Waals surface area (Å²) in [6, 6.07) is 10.2. The van der Waals surface area contributed by atoms with E-state index in [1.807, 2.05) is 12.1 Å². The van der Waals surface area contributed by atoms with E-state index in [9.17, 15) is 20.2 Å². The summed E-state index contributed by atoms with van der Waals surface area (Å²) in [6.07, 6.45) is 3.59. The van der Waals surface area contributed by atoms with Crippen LogP contribution in [0, 0.1) is 21.4 Å². The molecule has 0 aliphatic rings. The van der Waals surface area contributed by atoms with Gasteiger partial charge in [0.15, 0.2) is 5.82 Å². The molecule has 0 radical (unpaired) electrons. The number of para-hydroxylation sites is 1. The van der Waals surface area contributed by atoms with Gasteiger partial charge in [0, 0.05) is 0 Å². The highest BCUT2D eigenvalue weighted by Gasteiger charge is 2.22. The molecule has 0 saturated heterocycles. The first-order chi connectivity index (χ1) is 12.5. The van der Waals surface area contributed by atoms with Crippen LogP contribution < -0.4 is 5.32 Å². The Bertz CT molecular complexity index is 1000. The lowest BCUT2D eigenvalue weighted by molar-refractivity contribution is -0.385. The lowest BCUT2D eigenvalue weighted by Gasteiger charge is -2.14. The molecule has 10 nitrogen and oxygen atoms in total. The fourth-order valence-electron chi connectivity index (χ4n) is 2.29. The second kappa shape index (κ2) is 6.86. The lowest BCUT2D eigenvalue weighted by Crippen LogP contribution is -2.25. The molecular formula is C16H13N7O3. The van der Waals surface area contributed by atoms with E-state index in [2.05, 4.69) is 15.5 Å². The van der Waals surface area contributed by atoms with Crippen molar-refractivity contribution in [2.75, 3.05) is 5.32 Å². The maximum atomic E-state index is 12.5. The summed E-state index contributed by atoms with van der Waals surface area (Å²) in [5.74, 6) is -0.269. The second-order valence-corrected chi connectivity index (χ2v) is 5.37. The highest BCUT2D eigenvalue weighted by molar-refractivity contribution is 5.94. The Labute approximate surface area is 147 Å². The van der Waals surface area contributed by atoms with Crippen LogP contribution in [0.3, 0.4) is 0 Å². The Morgan fingerprint density at radius 3 is 2.65 bits per heavy atom. The van der Waals surface area contributed by atoms with Crippen molar-refractivity contribution in [3.63, 3.8) is 0 Å². The van der Waals surface area contributed by atoms with Crippen molar-refractivity contribution in [3.8, 4) is 11.8 Å². The predicted octanol–water partition coefficient (Wildman–Crippen LogP) is 2.05. The molecule has 3 rings (SSSR count). The summed E-state index contributed by atoms with van der Waals surface area (Å²) >= 11 is 0. The third kappa shape index (κ3) is 3.13. The molecular weight excluding hydrogens is 338 g/mol. The fraction of sp³-hybridized carbons (Fsp3) is 0.125. The van der Waals surface area contributed by atoms with E-state index in [1.54, 1.807) is 31.2 Å². The SMILES string of the molecule is CC(C(=O)Nc1c(C#N)cnn1-c1ccccc1)n1cc([N+](=O)[O-])cn1. The van der Waals surface area contributed by atoms with Gasteiger partial charge in [0.25, 0.3) is 0 Å². The zero-order valence-electron chi connectivity index (χ0n) is 13.6.